The molecular weight excluding hydrogens is 472 g/mol. The molecule has 0 aromatic heterocycles. The molecule has 2 aliphatic heterocycles. The van der Waals surface area contributed by atoms with Crippen LogP contribution in [0.3, 0.4) is 0 Å². The molecular formula is C32H38N4O2. The SMILES string of the molecule is Cc1ccc(-c2ccc(C(=O)Nc3ccc(N4CCC(N(C)C(=O)C5CCCN(C)C5)C4)cc3)cc2)cc1. The summed E-state index contributed by atoms with van der Waals surface area (Å²) in [6.07, 6.45) is 3.06. The lowest BCUT2D eigenvalue weighted by Gasteiger charge is -2.34. The minimum Gasteiger partial charge on any atom is -0.369 e. The van der Waals surface area contributed by atoms with Gasteiger partial charge in [-0.25, -0.2) is 0 Å². The lowest BCUT2D eigenvalue weighted by Crippen LogP contribution is -2.46. The first-order chi connectivity index (χ1) is 18.4. The summed E-state index contributed by atoms with van der Waals surface area (Å²) in [6, 6.07) is 24.3. The largest absolute Gasteiger partial charge is 0.369 e. The fourth-order valence-electron chi connectivity index (χ4n) is 5.65. The lowest BCUT2D eigenvalue weighted by atomic mass is 9.96. The molecule has 0 aliphatic carbocycles. The van der Waals surface area contributed by atoms with E-state index in [9.17, 15) is 9.59 Å². The zero-order valence-electron chi connectivity index (χ0n) is 22.7. The summed E-state index contributed by atoms with van der Waals surface area (Å²) in [7, 11) is 4.07. The van der Waals surface area contributed by atoms with Gasteiger partial charge in [-0.05, 0) is 87.3 Å². The number of nitrogens with zero attached hydrogens (tertiary/aromatic N) is 3. The topological polar surface area (TPSA) is 55.9 Å². The molecule has 1 N–H and O–H groups in total. The Morgan fingerprint density at radius 3 is 2.16 bits per heavy atom. The highest BCUT2D eigenvalue weighted by molar-refractivity contribution is 6.04. The highest BCUT2D eigenvalue weighted by Gasteiger charge is 2.33. The van der Waals surface area contributed by atoms with Gasteiger partial charge >= 0.3 is 0 Å². The number of benzene rings is 3. The molecule has 3 aromatic carbocycles. The van der Waals surface area contributed by atoms with Gasteiger partial charge in [0.2, 0.25) is 5.91 Å². The lowest BCUT2D eigenvalue weighted by molar-refractivity contribution is -0.137. The zero-order valence-corrected chi connectivity index (χ0v) is 22.7. The fraction of sp³-hybridized carbons (Fsp3) is 0.375. The Bertz CT molecular complexity index is 1250. The third kappa shape index (κ3) is 5.91. The molecule has 2 atom stereocenters. The van der Waals surface area contributed by atoms with E-state index in [0.29, 0.717) is 5.56 Å². The van der Waals surface area contributed by atoms with Gasteiger partial charge in [0.05, 0.1) is 12.0 Å². The van der Waals surface area contributed by atoms with Crippen LogP contribution in [-0.4, -0.2) is 67.9 Å². The molecule has 198 valence electrons. The Balaban J connectivity index is 1.15. The predicted octanol–water partition coefficient (Wildman–Crippen LogP) is 5.29. The van der Waals surface area contributed by atoms with E-state index in [0.717, 1.165) is 67.9 Å². The van der Waals surface area contributed by atoms with Crippen molar-refractivity contribution in [2.24, 2.45) is 5.92 Å². The van der Waals surface area contributed by atoms with Gasteiger partial charge in [-0.1, -0.05) is 42.0 Å². The van der Waals surface area contributed by atoms with Gasteiger partial charge in [0.15, 0.2) is 0 Å². The molecule has 2 fully saturated rings. The first-order valence-corrected chi connectivity index (χ1v) is 13.7. The first kappa shape index (κ1) is 26.0. The van der Waals surface area contributed by atoms with Crippen molar-refractivity contribution < 1.29 is 9.59 Å². The van der Waals surface area contributed by atoms with Crippen LogP contribution in [0, 0.1) is 12.8 Å². The highest BCUT2D eigenvalue weighted by Crippen LogP contribution is 2.27. The second-order valence-electron chi connectivity index (χ2n) is 10.9. The van der Waals surface area contributed by atoms with E-state index in [1.165, 1.54) is 5.56 Å². The van der Waals surface area contributed by atoms with Crippen LogP contribution in [0.1, 0.15) is 35.2 Å². The number of carbonyl (C=O) groups is 2. The van der Waals surface area contributed by atoms with E-state index in [1.807, 2.05) is 48.3 Å². The van der Waals surface area contributed by atoms with Crippen molar-refractivity contribution in [3.8, 4) is 11.1 Å². The average molecular weight is 511 g/mol. The summed E-state index contributed by atoms with van der Waals surface area (Å²) < 4.78 is 0. The maximum absolute atomic E-state index is 13.1. The van der Waals surface area contributed by atoms with Crippen LogP contribution in [0.2, 0.25) is 0 Å². The number of anilines is 2. The molecule has 2 amide bonds. The monoisotopic (exact) mass is 510 g/mol. The van der Waals surface area contributed by atoms with Gasteiger partial charge in [-0.15, -0.1) is 0 Å². The molecule has 0 bridgehead atoms. The maximum atomic E-state index is 13.1. The van der Waals surface area contributed by atoms with Crippen molar-refractivity contribution in [3.63, 3.8) is 0 Å². The van der Waals surface area contributed by atoms with Crippen molar-refractivity contribution in [3.05, 3.63) is 83.9 Å². The fourth-order valence-corrected chi connectivity index (χ4v) is 5.65. The maximum Gasteiger partial charge on any atom is 0.255 e. The minimum absolute atomic E-state index is 0.120. The summed E-state index contributed by atoms with van der Waals surface area (Å²) in [5, 5.41) is 3.01. The Labute approximate surface area is 226 Å². The number of piperidine rings is 1. The summed E-state index contributed by atoms with van der Waals surface area (Å²) in [5.41, 5.74) is 5.97. The molecule has 3 aromatic rings. The quantitative estimate of drug-likeness (QED) is 0.489. The summed E-state index contributed by atoms with van der Waals surface area (Å²) in [6.45, 7) is 5.78. The van der Waals surface area contributed by atoms with Crippen molar-refractivity contribution in [2.75, 3.05) is 50.5 Å². The zero-order chi connectivity index (χ0) is 26.6. The molecule has 0 radical (unpaired) electrons. The van der Waals surface area contributed by atoms with Crippen LogP contribution in [0.15, 0.2) is 72.8 Å². The third-order valence-electron chi connectivity index (χ3n) is 8.05. The Hall–Kier alpha value is -3.64. The molecule has 2 aliphatic rings. The molecule has 2 unspecified atom stereocenters. The van der Waals surface area contributed by atoms with Crippen LogP contribution in [0.4, 0.5) is 11.4 Å². The van der Waals surface area contributed by atoms with Gasteiger partial charge in [0.1, 0.15) is 0 Å². The smallest absolute Gasteiger partial charge is 0.255 e. The Morgan fingerprint density at radius 2 is 1.50 bits per heavy atom. The first-order valence-electron chi connectivity index (χ1n) is 13.7. The third-order valence-corrected chi connectivity index (χ3v) is 8.05. The number of rotatable bonds is 6. The van der Waals surface area contributed by atoms with Crippen molar-refractivity contribution in [1.82, 2.24) is 9.80 Å². The van der Waals surface area contributed by atoms with Crippen LogP contribution in [0.25, 0.3) is 11.1 Å². The second-order valence-corrected chi connectivity index (χ2v) is 10.9. The molecule has 2 saturated heterocycles. The van der Waals surface area contributed by atoms with Gasteiger partial charge < -0.3 is 20.0 Å². The molecule has 38 heavy (non-hydrogen) atoms. The number of hydrogen-bond donors (Lipinski definition) is 1. The molecule has 2 heterocycles. The molecule has 6 nitrogen and oxygen atoms in total. The van der Waals surface area contributed by atoms with Crippen LogP contribution in [-0.2, 0) is 4.79 Å². The van der Waals surface area contributed by atoms with E-state index in [2.05, 4.69) is 65.5 Å². The van der Waals surface area contributed by atoms with Gasteiger partial charge in [-0.2, -0.15) is 0 Å². The molecule has 0 spiro atoms. The summed E-state index contributed by atoms with van der Waals surface area (Å²) in [5.74, 6) is 0.283. The molecule has 6 heteroatoms. The Kier molecular flexibility index (Phi) is 7.79. The van der Waals surface area contributed by atoms with Crippen molar-refractivity contribution >= 4 is 23.2 Å². The standard InChI is InChI=1S/C32H38N4O2/c1-23-6-8-24(9-7-23)25-10-12-26(13-11-25)31(37)33-28-14-16-29(17-15-28)36-20-18-30(22-36)35(3)32(38)27-5-4-19-34(2)21-27/h6-17,27,30H,4-5,18-22H2,1-3H3,(H,33,37). The molecule has 0 saturated carbocycles. The number of likely N-dealkylation sites (N-methyl/N-ethyl adjacent to an activating group) is 1. The van der Waals surface area contributed by atoms with Crippen molar-refractivity contribution in [1.29, 1.82) is 0 Å². The average Bonchev–Trinajstić information content (AvgIpc) is 3.43. The number of nitrogens with one attached hydrogen (secondary N) is 1. The summed E-state index contributed by atoms with van der Waals surface area (Å²) in [4.78, 5) is 32.5. The highest BCUT2D eigenvalue weighted by atomic mass is 16.2. The predicted molar refractivity (Wildman–Crippen MR) is 155 cm³/mol. The van der Waals surface area contributed by atoms with Gasteiger partial charge in [0.25, 0.3) is 5.91 Å². The normalized spacial score (nSPS) is 19.8. The van der Waals surface area contributed by atoms with E-state index in [-0.39, 0.29) is 23.8 Å². The number of carbonyl (C=O) groups excluding carboxylic acids is 2. The minimum atomic E-state index is -0.122. The molecule has 5 rings (SSSR count). The van der Waals surface area contributed by atoms with Gasteiger partial charge in [0, 0.05) is 43.6 Å². The Morgan fingerprint density at radius 1 is 0.842 bits per heavy atom. The number of amides is 2. The van der Waals surface area contributed by atoms with Crippen LogP contribution < -0.4 is 10.2 Å². The number of hydrogen-bond acceptors (Lipinski definition) is 4. The number of aryl methyl sites for hydroxylation is 1. The second kappa shape index (κ2) is 11.4. The van der Waals surface area contributed by atoms with E-state index in [1.54, 1.807) is 0 Å². The number of likely N-dealkylation sites (tertiary alicyclic amines) is 1. The van der Waals surface area contributed by atoms with E-state index in [4.69, 9.17) is 0 Å². The van der Waals surface area contributed by atoms with E-state index >= 15 is 0 Å². The van der Waals surface area contributed by atoms with Crippen molar-refractivity contribution in [2.45, 2.75) is 32.2 Å². The van der Waals surface area contributed by atoms with E-state index < -0.39 is 0 Å². The van der Waals surface area contributed by atoms with Gasteiger partial charge in [-0.3, -0.25) is 9.59 Å². The van der Waals surface area contributed by atoms with Crippen LogP contribution >= 0.6 is 0 Å². The van der Waals surface area contributed by atoms with Crippen LogP contribution in [0.5, 0.6) is 0 Å². The summed E-state index contributed by atoms with van der Waals surface area (Å²) >= 11 is 0.